The molecule has 6 heavy (non-hydrogen) atoms. The molecule has 0 aromatic heterocycles. The van der Waals surface area contributed by atoms with Crippen molar-refractivity contribution in [2.45, 2.75) is 0 Å². The van der Waals surface area contributed by atoms with Gasteiger partial charge >= 0.3 is 58.7 Å². The van der Waals surface area contributed by atoms with E-state index < -0.39 is 7.32 Å². The van der Waals surface area contributed by atoms with Crippen LogP contribution in [0.5, 0.6) is 0 Å². The van der Waals surface area contributed by atoms with Crippen molar-refractivity contribution in [3.8, 4) is 0 Å². The Morgan fingerprint density at radius 2 is 1.67 bits per heavy atom. The van der Waals surface area contributed by atoms with Crippen LogP contribution in [0.3, 0.4) is 0 Å². The zero-order chi connectivity index (χ0) is 4.28. The Kier molecular flexibility index (Phi) is 12.9. The molecule has 0 saturated carbocycles. The van der Waals surface area contributed by atoms with E-state index in [-0.39, 0.29) is 51.4 Å². The molecule has 0 aliphatic heterocycles. The van der Waals surface area contributed by atoms with Gasteiger partial charge in [0, 0.05) is 0 Å². The SMILES string of the molecule is OB(O)OBr.[KH]. The molecule has 0 amide bonds. The first-order valence-electron chi connectivity index (χ1n) is 0.906. The molecule has 0 spiro atoms. The van der Waals surface area contributed by atoms with Crippen molar-refractivity contribution in [1.82, 2.24) is 0 Å². The van der Waals surface area contributed by atoms with E-state index in [4.69, 9.17) is 10.0 Å². The summed E-state index contributed by atoms with van der Waals surface area (Å²) in [5.74, 6) is 0. The number of hydrogen-bond donors (Lipinski definition) is 2. The van der Waals surface area contributed by atoms with E-state index in [1.54, 1.807) is 0 Å². The van der Waals surface area contributed by atoms with Crippen molar-refractivity contribution in [3.05, 3.63) is 0 Å². The van der Waals surface area contributed by atoms with Crippen LogP contribution < -0.4 is 0 Å². The molecular formula is H3BBrKO3. The topological polar surface area (TPSA) is 49.7 Å². The molecule has 2 N–H and O–H groups in total. The molecule has 0 aromatic rings. The van der Waals surface area contributed by atoms with Gasteiger partial charge in [0.05, 0.1) is 16.3 Å². The van der Waals surface area contributed by atoms with E-state index >= 15 is 0 Å². The zero-order valence-corrected chi connectivity index (χ0v) is 3.84. The monoisotopic (exact) mass is 180 g/mol. The second-order valence-electron chi connectivity index (χ2n) is 0.415. The van der Waals surface area contributed by atoms with E-state index in [9.17, 15) is 0 Å². The van der Waals surface area contributed by atoms with Crippen molar-refractivity contribution in [1.29, 1.82) is 0 Å². The summed E-state index contributed by atoms with van der Waals surface area (Å²) in [5.41, 5.74) is 0. The predicted molar refractivity (Wildman–Crippen MR) is 27.4 cm³/mol. The van der Waals surface area contributed by atoms with E-state index in [0.717, 1.165) is 0 Å². The predicted octanol–water partition coefficient (Wildman–Crippen LogP) is -1.37. The molecule has 0 unspecified atom stereocenters. The average Bonchev–Trinajstić information content (AvgIpc) is 1.38. The minimum absolute atomic E-state index is 0. The number of hydrogen-bond acceptors (Lipinski definition) is 3. The van der Waals surface area contributed by atoms with Gasteiger partial charge in [-0.25, -0.2) is 0 Å². The summed E-state index contributed by atoms with van der Waals surface area (Å²) in [4.78, 5) is 0. The normalized spacial score (nSPS) is 6.50. The van der Waals surface area contributed by atoms with Crippen molar-refractivity contribution in [2.24, 2.45) is 0 Å². The van der Waals surface area contributed by atoms with Crippen LogP contribution in [0.1, 0.15) is 0 Å². The summed E-state index contributed by atoms with van der Waals surface area (Å²) < 4.78 is 3.67. The second-order valence-corrected chi connectivity index (χ2v) is 0.789. The summed E-state index contributed by atoms with van der Waals surface area (Å²) >= 11 is 2.31. The first kappa shape index (κ1) is 10.9. The van der Waals surface area contributed by atoms with Gasteiger partial charge in [-0.2, -0.15) is 0 Å². The standard InChI is InChI=1S/BBrH2O3.K.H/c2-5-1(3)4;;/h3-4H;;. The van der Waals surface area contributed by atoms with Crippen molar-refractivity contribution in [3.63, 3.8) is 0 Å². The van der Waals surface area contributed by atoms with E-state index in [0.29, 0.717) is 0 Å². The van der Waals surface area contributed by atoms with E-state index in [2.05, 4.69) is 20.0 Å². The second kappa shape index (κ2) is 7.06. The third-order valence-corrected chi connectivity index (χ3v) is 0.414. The molecule has 6 heteroatoms. The minimum atomic E-state index is -1.70. The van der Waals surface area contributed by atoms with Gasteiger partial charge < -0.3 is 13.8 Å². The third kappa shape index (κ3) is 9.41. The zero-order valence-electron chi connectivity index (χ0n) is 2.26. The maximum absolute atomic E-state index is 7.65. The van der Waals surface area contributed by atoms with Crippen LogP contribution in [-0.4, -0.2) is 68.8 Å². The molecule has 0 aliphatic rings. The molecule has 0 aliphatic carbocycles. The molecule has 0 rings (SSSR count). The van der Waals surface area contributed by atoms with Crippen LogP contribution in [0.4, 0.5) is 0 Å². The summed E-state index contributed by atoms with van der Waals surface area (Å²) in [6.45, 7) is 0. The molecular weight excluding hydrogens is 178 g/mol. The van der Waals surface area contributed by atoms with Gasteiger partial charge in [0.1, 0.15) is 0 Å². The van der Waals surface area contributed by atoms with Gasteiger partial charge in [-0.3, -0.25) is 0 Å². The number of halogens is 1. The fraction of sp³-hybridized carbons (Fsp3) is 0. The number of rotatable bonds is 1. The molecule has 0 heterocycles. The van der Waals surface area contributed by atoms with Gasteiger partial charge in [-0.15, -0.1) is 0 Å². The van der Waals surface area contributed by atoms with Crippen LogP contribution in [0.2, 0.25) is 0 Å². The Bertz CT molecular complexity index is 24.8. The molecule has 0 fully saturated rings. The van der Waals surface area contributed by atoms with E-state index in [1.165, 1.54) is 0 Å². The summed E-state index contributed by atoms with van der Waals surface area (Å²) in [6.07, 6.45) is 0. The van der Waals surface area contributed by atoms with Gasteiger partial charge in [0.25, 0.3) is 0 Å². The van der Waals surface area contributed by atoms with Crippen LogP contribution in [0.25, 0.3) is 0 Å². The fourth-order valence-electron chi connectivity index (χ4n) is 0. The molecule has 32 valence electrons. The van der Waals surface area contributed by atoms with Crippen molar-refractivity contribution in [2.75, 3.05) is 0 Å². The van der Waals surface area contributed by atoms with Crippen LogP contribution in [0, 0.1) is 0 Å². The van der Waals surface area contributed by atoms with Crippen molar-refractivity contribution >= 4 is 75.0 Å². The molecule has 0 saturated heterocycles. The molecule has 3 nitrogen and oxygen atoms in total. The van der Waals surface area contributed by atoms with Gasteiger partial charge in [0.2, 0.25) is 0 Å². The Morgan fingerprint density at radius 3 is 1.67 bits per heavy atom. The summed E-state index contributed by atoms with van der Waals surface area (Å²) in [7, 11) is -1.70. The average molecular weight is 181 g/mol. The van der Waals surface area contributed by atoms with Gasteiger partial charge in [-0.1, -0.05) is 0 Å². The quantitative estimate of drug-likeness (QED) is 0.490. The third-order valence-electron chi connectivity index (χ3n) is 0.0797. The van der Waals surface area contributed by atoms with Gasteiger partial charge in [0.15, 0.2) is 0 Å². The van der Waals surface area contributed by atoms with Crippen LogP contribution in [-0.2, 0) is 3.75 Å². The molecule has 0 atom stereocenters. The molecule has 0 aromatic carbocycles. The Morgan fingerprint density at radius 1 is 1.50 bits per heavy atom. The summed E-state index contributed by atoms with van der Waals surface area (Å²) in [6, 6.07) is 0. The molecule has 0 bridgehead atoms. The fourth-order valence-corrected chi connectivity index (χ4v) is 0. The van der Waals surface area contributed by atoms with Crippen LogP contribution >= 0.6 is 16.3 Å². The van der Waals surface area contributed by atoms with Crippen LogP contribution in [0.15, 0.2) is 0 Å². The molecule has 0 radical (unpaired) electrons. The maximum atomic E-state index is 7.65. The van der Waals surface area contributed by atoms with E-state index in [1.807, 2.05) is 0 Å². The Hall–Kier alpha value is 2.06. The summed E-state index contributed by atoms with van der Waals surface area (Å²) in [5, 5.41) is 15.3. The first-order valence-corrected chi connectivity index (χ1v) is 1.55. The first-order chi connectivity index (χ1) is 2.27. The Balaban J connectivity index is 0. The van der Waals surface area contributed by atoms with Gasteiger partial charge in [-0.05, 0) is 0 Å². The Labute approximate surface area is 87.1 Å². The van der Waals surface area contributed by atoms with Crippen molar-refractivity contribution < 1.29 is 13.8 Å².